The van der Waals surface area contributed by atoms with E-state index in [-0.39, 0.29) is 19.4 Å². The number of nitrogens with zero attached hydrogens (tertiary/aromatic N) is 1. The number of ether oxygens (including phenoxy) is 1. The number of halogens is 3. The number of carbonyl (C=O) groups excluding carboxylic acids is 1. The fourth-order valence-electron chi connectivity index (χ4n) is 4.30. The third-order valence-corrected chi connectivity index (χ3v) is 6.63. The Kier molecular flexibility index (Phi) is 13.6. The van der Waals surface area contributed by atoms with Gasteiger partial charge in [0, 0.05) is 11.8 Å². The summed E-state index contributed by atoms with van der Waals surface area (Å²) in [7, 11) is 0. The first kappa shape index (κ1) is 29.9. The van der Waals surface area contributed by atoms with Gasteiger partial charge in [0.2, 0.25) is 0 Å². The molecule has 1 heterocycles. The summed E-state index contributed by atoms with van der Waals surface area (Å²) in [6, 6.07) is 10.9. The van der Waals surface area contributed by atoms with Gasteiger partial charge in [-0.2, -0.15) is 13.2 Å². The number of esters is 1. The highest BCUT2D eigenvalue weighted by Gasteiger charge is 2.38. The van der Waals surface area contributed by atoms with Gasteiger partial charge in [-0.05, 0) is 49.4 Å². The molecular weight excluding hydrogens is 463 g/mol. The van der Waals surface area contributed by atoms with Crippen molar-refractivity contribution < 1.29 is 22.7 Å². The zero-order chi connectivity index (χ0) is 26.2. The zero-order valence-electron chi connectivity index (χ0n) is 21.9. The van der Waals surface area contributed by atoms with Crippen LogP contribution in [0.3, 0.4) is 0 Å². The van der Waals surface area contributed by atoms with Gasteiger partial charge >= 0.3 is 12.1 Å². The summed E-state index contributed by atoms with van der Waals surface area (Å²) in [6.45, 7) is 4.01. The maximum atomic E-state index is 13.3. The van der Waals surface area contributed by atoms with Gasteiger partial charge in [-0.3, -0.25) is 4.98 Å². The van der Waals surface area contributed by atoms with E-state index in [9.17, 15) is 18.0 Å². The van der Waals surface area contributed by atoms with E-state index in [1.165, 1.54) is 44.1 Å². The van der Waals surface area contributed by atoms with Gasteiger partial charge in [0.25, 0.3) is 0 Å². The second-order valence-corrected chi connectivity index (χ2v) is 9.66. The zero-order valence-corrected chi connectivity index (χ0v) is 21.9. The van der Waals surface area contributed by atoms with Gasteiger partial charge < -0.3 is 4.74 Å². The normalized spacial score (nSPS) is 12.5. The van der Waals surface area contributed by atoms with Crippen LogP contribution in [0, 0.1) is 5.92 Å². The quantitative estimate of drug-likeness (QED) is 0.159. The molecule has 0 aliphatic rings. The van der Waals surface area contributed by atoms with Crippen LogP contribution < -0.4 is 0 Å². The second-order valence-electron chi connectivity index (χ2n) is 9.66. The monoisotopic (exact) mass is 505 g/mol. The lowest BCUT2D eigenvalue weighted by Crippen LogP contribution is -2.25. The molecule has 200 valence electrons. The molecule has 36 heavy (non-hydrogen) atoms. The molecule has 1 aromatic carbocycles. The van der Waals surface area contributed by atoms with E-state index in [2.05, 4.69) is 18.0 Å². The molecule has 0 N–H and O–H groups in total. The molecule has 0 aliphatic carbocycles. The van der Waals surface area contributed by atoms with Crippen LogP contribution in [0.5, 0.6) is 0 Å². The predicted octanol–water partition coefficient (Wildman–Crippen LogP) is 9.35. The lowest BCUT2D eigenvalue weighted by atomic mass is 9.97. The third kappa shape index (κ3) is 11.1. The van der Waals surface area contributed by atoms with Crippen molar-refractivity contribution in [1.82, 2.24) is 4.98 Å². The Labute approximate surface area is 214 Å². The largest absolute Gasteiger partial charge is 0.462 e. The summed E-state index contributed by atoms with van der Waals surface area (Å²) in [5, 5.41) is 0. The van der Waals surface area contributed by atoms with E-state index in [0.717, 1.165) is 36.9 Å². The summed E-state index contributed by atoms with van der Waals surface area (Å²) in [6.07, 6.45) is 9.39. The molecule has 1 unspecified atom stereocenters. The van der Waals surface area contributed by atoms with Crippen molar-refractivity contribution in [1.29, 1.82) is 0 Å². The molecular formula is C30H42F3NO2. The van der Waals surface area contributed by atoms with Gasteiger partial charge in [-0.1, -0.05) is 89.8 Å². The van der Waals surface area contributed by atoms with Crippen LogP contribution in [0.25, 0.3) is 11.3 Å². The standard InChI is InChI=1S/C30H42F3NO2/c1-3-5-7-9-10-11-13-24-15-20-28(34-23-24)25-16-18-26(19-17-25)29(35)36-22-21-27(30(31,32)33)14-12-8-6-4-2/h15-20,23,27H,3-14,21-22H2,1-2H3. The lowest BCUT2D eigenvalue weighted by Gasteiger charge is -2.20. The maximum Gasteiger partial charge on any atom is 0.391 e. The SMILES string of the molecule is CCCCCCCCc1ccc(-c2ccc(C(=O)OCCC(CCCCCC)C(F)(F)F)cc2)nc1. The second kappa shape index (κ2) is 16.4. The van der Waals surface area contributed by atoms with Crippen molar-refractivity contribution in [2.45, 2.75) is 103 Å². The fourth-order valence-corrected chi connectivity index (χ4v) is 4.30. The van der Waals surface area contributed by atoms with Crippen molar-refractivity contribution in [3.8, 4) is 11.3 Å². The molecule has 0 aliphatic heterocycles. The molecule has 2 aromatic rings. The number of alkyl halides is 3. The lowest BCUT2D eigenvalue weighted by molar-refractivity contribution is -0.180. The Hall–Kier alpha value is -2.37. The number of benzene rings is 1. The summed E-state index contributed by atoms with van der Waals surface area (Å²) in [5.41, 5.74) is 3.24. The topological polar surface area (TPSA) is 39.2 Å². The van der Waals surface area contributed by atoms with E-state index in [1.807, 2.05) is 19.2 Å². The first-order chi connectivity index (χ1) is 17.3. The van der Waals surface area contributed by atoms with E-state index in [1.54, 1.807) is 24.3 Å². The van der Waals surface area contributed by atoms with Crippen LogP contribution >= 0.6 is 0 Å². The molecule has 0 amide bonds. The van der Waals surface area contributed by atoms with Gasteiger partial charge in [0.05, 0.1) is 23.8 Å². The van der Waals surface area contributed by atoms with E-state index >= 15 is 0 Å². The molecule has 6 heteroatoms. The van der Waals surface area contributed by atoms with Crippen LogP contribution in [-0.2, 0) is 11.2 Å². The van der Waals surface area contributed by atoms with Crippen molar-refractivity contribution in [3.63, 3.8) is 0 Å². The molecule has 0 saturated carbocycles. The number of aromatic nitrogens is 1. The number of aryl methyl sites for hydroxylation is 1. The third-order valence-electron chi connectivity index (χ3n) is 6.63. The maximum absolute atomic E-state index is 13.3. The van der Waals surface area contributed by atoms with E-state index < -0.39 is 18.1 Å². The fraction of sp³-hybridized carbons (Fsp3) is 0.600. The number of hydrogen-bond donors (Lipinski definition) is 0. The van der Waals surface area contributed by atoms with Crippen LogP contribution in [-0.4, -0.2) is 23.7 Å². The highest BCUT2D eigenvalue weighted by Crippen LogP contribution is 2.33. The van der Waals surface area contributed by atoms with Crippen molar-refractivity contribution in [2.24, 2.45) is 5.92 Å². The molecule has 3 nitrogen and oxygen atoms in total. The number of pyridine rings is 1. The molecule has 1 atom stereocenters. The molecule has 1 aromatic heterocycles. The molecule has 0 fully saturated rings. The first-order valence-electron chi connectivity index (χ1n) is 13.6. The van der Waals surface area contributed by atoms with E-state index in [4.69, 9.17) is 4.74 Å². The van der Waals surface area contributed by atoms with Crippen molar-refractivity contribution in [3.05, 3.63) is 53.7 Å². The minimum absolute atomic E-state index is 0.0838. The number of carbonyl (C=O) groups is 1. The average molecular weight is 506 g/mol. The smallest absolute Gasteiger partial charge is 0.391 e. The molecule has 0 radical (unpaired) electrons. The number of hydrogen-bond acceptors (Lipinski definition) is 3. The average Bonchev–Trinajstić information content (AvgIpc) is 2.87. The highest BCUT2D eigenvalue weighted by atomic mass is 19.4. The van der Waals surface area contributed by atoms with Crippen molar-refractivity contribution >= 4 is 5.97 Å². The number of rotatable bonds is 17. The Morgan fingerprint density at radius 3 is 2.08 bits per heavy atom. The Morgan fingerprint density at radius 2 is 1.47 bits per heavy atom. The summed E-state index contributed by atoms with van der Waals surface area (Å²) < 4.78 is 45.0. The Morgan fingerprint density at radius 1 is 0.833 bits per heavy atom. The molecule has 0 bridgehead atoms. The minimum atomic E-state index is -4.27. The highest BCUT2D eigenvalue weighted by molar-refractivity contribution is 5.90. The summed E-state index contributed by atoms with van der Waals surface area (Å²) in [4.78, 5) is 16.9. The predicted molar refractivity (Wildman–Crippen MR) is 140 cm³/mol. The molecule has 0 saturated heterocycles. The van der Waals surface area contributed by atoms with Gasteiger partial charge in [-0.25, -0.2) is 4.79 Å². The van der Waals surface area contributed by atoms with Gasteiger partial charge in [0.1, 0.15) is 0 Å². The summed E-state index contributed by atoms with van der Waals surface area (Å²) >= 11 is 0. The van der Waals surface area contributed by atoms with Gasteiger partial charge in [-0.15, -0.1) is 0 Å². The number of unbranched alkanes of at least 4 members (excludes halogenated alkanes) is 8. The van der Waals surface area contributed by atoms with Crippen LogP contribution in [0.4, 0.5) is 13.2 Å². The summed E-state index contributed by atoms with van der Waals surface area (Å²) in [5.74, 6) is -2.03. The Bertz CT molecular complexity index is 863. The first-order valence-corrected chi connectivity index (χ1v) is 13.6. The van der Waals surface area contributed by atoms with Crippen LogP contribution in [0.1, 0.15) is 107 Å². The molecule has 2 rings (SSSR count). The van der Waals surface area contributed by atoms with Crippen molar-refractivity contribution in [2.75, 3.05) is 6.61 Å². The minimum Gasteiger partial charge on any atom is -0.462 e. The van der Waals surface area contributed by atoms with E-state index in [0.29, 0.717) is 12.0 Å². The van der Waals surface area contributed by atoms with Gasteiger partial charge in [0.15, 0.2) is 0 Å². The van der Waals surface area contributed by atoms with Crippen LogP contribution in [0.2, 0.25) is 0 Å². The van der Waals surface area contributed by atoms with Crippen LogP contribution in [0.15, 0.2) is 42.6 Å². The molecule has 0 spiro atoms. The Balaban J connectivity index is 1.80.